The summed E-state index contributed by atoms with van der Waals surface area (Å²) in [5.74, 6) is -0.193. The topological polar surface area (TPSA) is 50.7 Å². The summed E-state index contributed by atoms with van der Waals surface area (Å²) in [4.78, 5) is 17.2. The van der Waals surface area contributed by atoms with Crippen molar-refractivity contribution in [1.29, 1.82) is 0 Å². The first kappa shape index (κ1) is 17.8. The lowest BCUT2D eigenvalue weighted by Crippen LogP contribution is -2.33. The van der Waals surface area contributed by atoms with Crippen molar-refractivity contribution < 1.29 is 9.63 Å². The van der Waals surface area contributed by atoms with Crippen LogP contribution >= 0.6 is 23.2 Å². The van der Waals surface area contributed by atoms with Crippen molar-refractivity contribution in [2.45, 2.75) is 25.3 Å². The van der Waals surface area contributed by atoms with Crippen LogP contribution in [0.25, 0.3) is 0 Å². The van der Waals surface area contributed by atoms with Crippen molar-refractivity contribution in [3.8, 4) is 0 Å². The van der Waals surface area contributed by atoms with E-state index >= 15 is 0 Å². The van der Waals surface area contributed by atoms with E-state index in [1.807, 2.05) is 12.1 Å². The van der Waals surface area contributed by atoms with Crippen LogP contribution in [-0.4, -0.2) is 18.7 Å². The van der Waals surface area contributed by atoms with Crippen molar-refractivity contribution in [1.82, 2.24) is 5.32 Å². The van der Waals surface area contributed by atoms with E-state index in [-0.39, 0.29) is 18.6 Å². The van der Waals surface area contributed by atoms with Gasteiger partial charge in [-0.05, 0) is 42.5 Å². The third-order valence-electron chi connectivity index (χ3n) is 4.13. The maximum atomic E-state index is 12.1. The summed E-state index contributed by atoms with van der Waals surface area (Å²) in [6, 6.07) is 13.3. The summed E-state index contributed by atoms with van der Waals surface area (Å²) in [5.41, 5.74) is 3.17. The number of halogens is 2. The molecule has 0 aliphatic heterocycles. The van der Waals surface area contributed by atoms with Gasteiger partial charge in [-0.1, -0.05) is 58.7 Å². The predicted octanol–water partition coefficient (Wildman–Crippen LogP) is 4.54. The fraction of sp³-hybridized carbons (Fsp3) is 0.263. The first-order valence-electron chi connectivity index (χ1n) is 8.11. The van der Waals surface area contributed by atoms with Crippen molar-refractivity contribution in [2.24, 2.45) is 5.16 Å². The summed E-state index contributed by atoms with van der Waals surface area (Å²) in [6.07, 6.45) is 4.52. The Bertz CT molecular complexity index is 793. The zero-order valence-electron chi connectivity index (χ0n) is 13.5. The highest BCUT2D eigenvalue weighted by molar-refractivity contribution is 6.36. The molecule has 1 aliphatic carbocycles. The summed E-state index contributed by atoms with van der Waals surface area (Å²) in [6.45, 7) is -0.139. The number of oxime groups is 1. The van der Waals surface area contributed by atoms with Crippen molar-refractivity contribution in [3.05, 3.63) is 69.2 Å². The Balaban J connectivity index is 1.51. The summed E-state index contributed by atoms with van der Waals surface area (Å²) >= 11 is 11.9. The Morgan fingerprint density at radius 2 is 2.12 bits per heavy atom. The molecule has 2 aromatic carbocycles. The van der Waals surface area contributed by atoms with Crippen LogP contribution in [0.1, 0.15) is 35.6 Å². The molecular formula is C19H18Cl2N2O2. The molecule has 1 N–H and O–H groups in total. The molecule has 0 saturated carbocycles. The van der Waals surface area contributed by atoms with E-state index in [1.54, 1.807) is 18.2 Å². The highest BCUT2D eigenvalue weighted by atomic mass is 35.5. The number of amides is 1. The number of fused-ring (bicyclic) bond motifs is 1. The number of hydrogen-bond donors (Lipinski definition) is 1. The van der Waals surface area contributed by atoms with Crippen LogP contribution in [0, 0.1) is 0 Å². The number of nitrogens with one attached hydrogen (secondary N) is 1. The third kappa shape index (κ3) is 4.74. The molecule has 25 heavy (non-hydrogen) atoms. The molecule has 0 saturated heterocycles. The van der Waals surface area contributed by atoms with Gasteiger partial charge in [-0.2, -0.15) is 0 Å². The second-order valence-corrected chi connectivity index (χ2v) is 6.73. The number of aryl methyl sites for hydroxylation is 1. The maximum Gasteiger partial charge on any atom is 0.261 e. The minimum Gasteiger partial charge on any atom is -0.386 e. The zero-order valence-corrected chi connectivity index (χ0v) is 15.1. The lowest BCUT2D eigenvalue weighted by Gasteiger charge is -2.26. The van der Waals surface area contributed by atoms with Gasteiger partial charge in [-0.15, -0.1) is 0 Å². The lowest BCUT2D eigenvalue weighted by atomic mass is 9.88. The molecule has 0 unspecified atom stereocenters. The Morgan fingerprint density at radius 3 is 2.96 bits per heavy atom. The lowest BCUT2D eigenvalue weighted by molar-refractivity contribution is -0.126. The predicted molar refractivity (Wildman–Crippen MR) is 100 cm³/mol. The fourth-order valence-corrected chi connectivity index (χ4v) is 3.39. The first-order chi connectivity index (χ1) is 12.1. The summed E-state index contributed by atoms with van der Waals surface area (Å²) in [5, 5.41) is 7.83. The Labute approximate surface area is 156 Å². The van der Waals surface area contributed by atoms with Crippen LogP contribution in [-0.2, 0) is 16.1 Å². The van der Waals surface area contributed by atoms with Crippen LogP contribution in [0.15, 0.2) is 47.6 Å². The number of rotatable bonds is 5. The quantitative estimate of drug-likeness (QED) is 0.615. The molecule has 1 aliphatic rings. The Morgan fingerprint density at radius 1 is 1.28 bits per heavy atom. The number of carbonyl (C=O) groups is 1. The smallest absolute Gasteiger partial charge is 0.261 e. The molecule has 0 radical (unpaired) electrons. The normalized spacial score (nSPS) is 16.5. The van der Waals surface area contributed by atoms with Crippen molar-refractivity contribution in [3.63, 3.8) is 0 Å². The zero-order chi connectivity index (χ0) is 17.6. The van der Waals surface area contributed by atoms with E-state index in [2.05, 4.69) is 22.6 Å². The minimum atomic E-state index is -0.193. The van der Waals surface area contributed by atoms with E-state index in [4.69, 9.17) is 28.0 Å². The molecule has 4 nitrogen and oxygen atoms in total. The van der Waals surface area contributed by atoms with Gasteiger partial charge >= 0.3 is 0 Å². The van der Waals surface area contributed by atoms with E-state index in [0.29, 0.717) is 15.6 Å². The van der Waals surface area contributed by atoms with E-state index in [9.17, 15) is 4.79 Å². The SMILES string of the molecule is O=C(CO/N=C\c1ccc(Cl)cc1Cl)N[C@H]1CCCc2ccccc21. The highest BCUT2D eigenvalue weighted by Gasteiger charge is 2.21. The number of nitrogens with zero attached hydrogens (tertiary/aromatic N) is 1. The monoisotopic (exact) mass is 376 g/mol. The molecule has 1 amide bonds. The molecule has 3 rings (SSSR count). The van der Waals surface area contributed by atoms with E-state index < -0.39 is 0 Å². The maximum absolute atomic E-state index is 12.1. The van der Waals surface area contributed by atoms with Gasteiger partial charge in [0.05, 0.1) is 17.3 Å². The van der Waals surface area contributed by atoms with Gasteiger partial charge in [0.15, 0.2) is 6.61 Å². The van der Waals surface area contributed by atoms with Crippen LogP contribution < -0.4 is 5.32 Å². The average molecular weight is 377 g/mol. The molecule has 6 heteroatoms. The van der Waals surface area contributed by atoms with Gasteiger partial charge in [-0.25, -0.2) is 0 Å². The molecule has 0 spiro atoms. The molecular weight excluding hydrogens is 359 g/mol. The molecule has 2 aromatic rings. The van der Waals surface area contributed by atoms with E-state index in [1.165, 1.54) is 17.3 Å². The molecule has 130 valence electrons. The highest BCUT2D eigenvalue weighted by Crippen LogP contribution is 2.29. The number of carbonyl (C=O) groups excluding carboxylic acids is 1. The van der Waals surface area contributed by atoms with Crippen LogP contribution in [0.2, 0.25) is 10.0 Å². The molecule has 0 aromatic heterocycles. The minimum absolute atomic E-state index is 0.0377. The van der Waals surface area contributed by atoms with Crippen LogP contribution in [0.5, 0.6) is 0 Å². The molecule has 0 fully saturated rings. The summed E-state index contributed by atoms with van der Waals surface area (Å²) < 4.78 is 0. The standard InChI is InChI=1S/C19H18Cl2N2O2/c20-15-9-8-14(17(21)10-15)11-22-25-12-19(24)23-18-7-3-5-13-4-1-2-6-16(13)18/h1-2,4,6,8-11,18H,3,5,7,12H2,(H,23,24)/b22-11-/t18-/m0/s1. The molecule has 0 bridgehead atoms. The number of benzene rings is 2. The second kappa shape index (κ2) is 8.37. The largest absolute Gasteiger partial charge is 0.386 e. The van der Waals surface area contributed by atoms with Crippen molar-refractivity contribution in [2.75, 3.05) is 6.61 Å². The molecule has 1 atom stereocenters. The number of hydrogen-bond acceptors (Lipinski definition) is 3. The van der Waals surface area contributed by atoms with Gasteiger partial charge in [0.2, 0.25) is 0 Å². The van der Waals surface area contributed by atoms with Gasteiger partial charge in [0.1, 0.15) is 0 Å². The van der Waals surface area contributed by atoms with Gasteiger partial charge in [0, 0.05) is 10.6 Å². The van der Waals surface area contributed by atoms with Gasteiger partial charge in [-0.3, -0.25) is 4.79 Å². The Hall–Kier alpha value is -2.04. The van der Waals surface area contributed by atoms with E-state index in [0.717, 1.165) is 19.3 Å². The van der Waals surface area contributed by atoms with Crippen molar-refractivity contribution >= 4 is 35.3 Å². The van der Waals surface area contributed by atoms with Crippen LogP contribution in [0.3, 0.4) is 0 Å². The average Bonchev–Trinajstić information content (AvgIpc) is 2.60. The second-order valence-electron chi connectivity index (χ2n) is 5.88. The summed E-state index contributed by atoms with van der Waals surface area (Å²) in [7, 11) is 0. The third-order valence-corrected chi connectivity index (χ3v) is 4.69. The Kier molecular flexibility index (Phi) is 5.95. The van der Waals surface area contributed by atoms with Gasteiger partial charge < -0.3 is 10.2 Å². The first-order valence-corrected chi connectivity index (χ1v) is 8.86. The van der Waals surface area contributed by atoms with Gasteiger partial charge in [0.25, 0.3) is 5.91 Å². The van der Waals surface area contributed by atoms with Crippen LogP contribution in [0.4, 0.5) is 0 Å². The fourth-order valence-electron chi connectivity index (χ4n) is 2.94. The molecule has 0 heterocycles.